The SMILES string of the molecule is CN=S(C)(=O)CCNC(=O)Nc1cc(Cl)ccc1Cl. The molecule has 0 fully saturated rings. The Labute approximate surface area is 122 Å². The maximum atomic E-state index is 11.6. The highest BCUT2D eigenvalue weighted by Gasteiger charge is 2.07. The number of nitrogens with one attached hydrogen (secondary N) is 2. The zero-order chi connectivity index (χ0) is 14.5. The fourth-order valence-electron chi connectivity index (χ4n) is 1.21. The van der Waals surface area contributed by atoms with Gasteiger partial charge in [-0.3, -0.25) is 0 Å². The molecule has 1 aromatic rings. The summed E-state index contributed by atoms with van der Waals surface area (Å²) in [7, 11) is -0.723. The van der Waals surface area contributed by atoms with Crippen LogP contribution in [-0.4, -0.2) is 35.8 Å². The van der Waals surface area contributed by atoms with Crippen molar-refractivity contribution >= 4 is 44.6 Å². The Hall–Kier alpha value is -0.980. The first-order valence-corrected chi connectivity index (χ1v) is 8.27. The monoisotopic (exact) mass is 323 g/mol. The van der Waals surface area contributed by atoms with E-state index in [1.54, 1.807) is 24.5 Å². The number of carbonyl (C=O) groups is 1. The van der Waals surface area contributed by atoms with Crippen molar-refractivity contribution in [2.75, 3.05) is 30.9 Å². The van der Waals surface area contributed by atoms with E-state index in [9.17, 15) is 9.00 Å². The largest absolute Gasteiger partial charge is 0.337 e. The second-order valence-corrected chi connectivity index (χ2v) is 7.39. The van der Waals surface area contributed by atoms with Gasteiger partial charge in [-0.15, -0.1) is 0 Å². The Kier molecular flexibility index (Phi) is 5.90. The fourth-order valence-corrected chi connectivity index (χ4v) is 2.21. The molecular weight excluding hydrogens is 309 g/mol. The molecule has 0 spiro atoms. The van der Waals surface area contributed by atoms with Crippen LogP contribution >= 0.6 is 23.2 Å². The van der Waals surface area contributed by atoms with Gasteiger partial charge in [-0.1, -0.05) is 23.2 Å². The quantitative estimate of drug-likeness (QED) is 0.894. The number of rotatable bonds is 4. The molecule has 0 bridgehead atoms. The van der Waals surface area contributed by atoms with Gasteiger partial charge < -0.3 is 10.6 Å². The van der Waals surface area contributed by atoms with E-state index in [2.05, 4.69) is 15.0 Å². The van der Waals surface area contributed by atoms with Crippen molar-refractivity contribution in [3.8, 4) is 0 Å². The zero-order valence-corrected chi connectivity index (χ0v) is 12.9. The lowest BCUT2D eigenvalue weighted by molar-refractivity contribution is 0.252. The topological polar surface area (TPSA) is 70.6 Å². The van der Waals surface area contributed by atoms with E-state index >= 15 is 0 Å². The highest BCUT2D eigenvalue weighted by Crippen LogP contribution is 2.25. The van der Waals surface area contributed by atoms with E-state index in [1.165, 1.54) is 7.05 Å². The Morgan fingerprint density at radius 3 is 2.74 bits per heavy atom. The molecule has 0 radical (unpaired) electrons. The molecular formula is C11H15Cl2N3O2S. The van der Waals surface area contributed by atoms with Crippen LogP contribution in [0.2, 0.25) is 10.0 Å². The Bertz CT molecular complexity index is 583. The summed E-state index contributed by atoms with van der Waals surface area (Å²) >= 11 is 11.7. The molecule has 1 rings (SSSR count). The smallest absolute Gasteiger partial charge is 0.319 e. The number of hydrogen-bond acceptors (Lipinski definition) is 3. The number of nitrogens with zero attached hydrogens (tertiary/aromatic N) is 1. The molecule has 0 aliphatic rings. The normalized spacial score (nSPS) is 13.5. The van der Waals surface area contributed by atoms with Crippen LogP contribution in [0, 0.1) is 0 Å². The number of carbonyl (C=O) groups excluding carboxylic acids is 1. The fraction of sp³-hybridized carbons (Fsp3) is 0.364. The molecule has 0 aliphatic heterocycles. The van der Waals surface area contributed by atoms with Crippen LogP contribution < -0.4 is 10.6 Å². The van der Waals surface area contributed by atoms with Crippen LogP contribution in [0.4, 0.5) is 10.5 Å². The van der Waals surface area contributed by atoms with Crippen molar-refractivity contribution in [1.82, 2.24) is 5.32 Å². The van der Waals surface area contributed by atoms with Gasteiger partial charge in [0.1, 0.15) is 0 Å². The van der Waals surface area contributed by atoms with Gasteiger partial charge in [0.25, 0.3) is 0 Å². The van der Waals surface area contributed by atoms with E-state index in [0.29, 0.717) is 21.5 Å². The lowest BCUT2D eigenvalue weighted by Crippen LogP contribution is -2.32. The van der Waals surface area contributed by atoms with Crippen LogP contribution in [0.25, 0.3) is 0 Å². The molecule has 0 aliphatic carbocycles. The highest BCUT2D eigenvalue weighted by molar-refractivity contribution is 7.92. The lowest BCUT2D eigenvalue weighted by atomic mass is 10.3. The zero-order valence-electron chi connectivity index (χ0n) is 10.6. The van der Waals surface area contributed by atoms with Gasteiger partial charge in [-0.25, -0.2) is 13.4 Å². The first-order chi connectivity index (χ1) is 8.84. The number of urea groups is 1. The molecule has 0 saturated carbocycles. The maximum absolute atomic E-state index is 11.6. The van der Waals surface area contributed by atoms with E-state index in [0.717, 1.165) is 0 Å². The third kappa shape index (κ3) is 5.67. The first-order valence-electron chi connectivity index (χ1n) is 5.42. The Morgan fingerprint density at radius 1 is 1.42 bits per heavy atom. The van der Waals surface area contributed by atoms with Gasteiger partial charge >= 0.3 is 6.03 Å². The molecule has 1 aromatic carbocycles. The van der Waals surface area contributed by atoms with Crippen LogP contribution in [0.1, 0.15) is 0 Å². The average Bonchev–Trinajstić information content (AvgIpc) is 2.33. The second-order valence-electron chi connectivity index (χ2n) is 3.85. The molecule has 106 valence electrons. The predicted octanol–water partition coefficient (Wildman–Crippen LogP) is 2.84. The molecule has 8 heteroatoms. The third-order valence-corrected chi connectivity index (χ3v) is 4.63. The van der Waals surface area contributed by atoms with Crippen molar-refractivity contribution in [3.05, 3.63) is 28.2 Å². The van der Waals surface area contributed by atoms with Gasteiger partial charge in [-0.05, 0) is 18.2 Å². The van der Waals surface area contributed by atoms with Crippen LogP contribution in [0.15, 0.2) is 22.6 Å². The standard InChI is InChI=1S/C11H15Cl2N3O2S/c1-14-19(2,18)6-5-15-11(17)16-10-7-8(12)3-4-9(10)13/h3-4,7H,5-6H2,1-2H3,(H2,15,16,17). The van der Waals surface area contributed by atoms with Crippen molar-refractivity contribution in [2.45, 2.75) is 0 Å². The number of anilines is 1. The number of halogens is 2. The minimum atomic E-state index is -2.22. The molecule has 0 aromatic heterocycles. The molecule has 0 saturated heterocycles. The van der Waals surface area contributed by atoms with Gasteiger partial charge in [0, 0.05) is 40.4 Å². The number of amides is 2. The lowest BCUT2D eigenvalue weighted by Gasteiger charge is -2.09. The van der Waals surface area contributed by atoms with E-state index in [1.807, 2.05) is 0 Å². The van der Waals surface area contributed by atoms with Gasteiger partial charge in [0.2, 0.25) is 0 Å². The first kappa shape index (κ1) is 16.1. The van der Waals surface area contributed by atoms with Crippen LogP contribution in [0.5, 0.6) is 0 Å². The summed E-state index contributed by atoms with van der Waals surface area (Å²) in [4.78, 5) is 11.6. The molecule has 2 amide bonds. The van der Waals surface area contributed by atoms with Crippen molar-refractivity contribution < 1.29 is 9.00 Å². The number of benzene rings is 1. The molecule has 1 atom stereocenters. The minimum Gasteiger partial charge on any atom is -0.337 e. The molecule has 1 unspecified atom stereocenters. The summed E-state index contributed by atoms with van der Waals surface area (Å²) in [5.74, 6) is 0.292. The van der Waals surface area contributed by atoms with Crippen molar-refractivity contribution in [2.24, 2.45) is 4.36 Å². The third-order valence-electron chi connectivity index (χ3n) is 2.33. The van der Waals surface area contributed by atoms with Crippen molar-refractivity contribution in [1.29, 1.82) is 0 Å². The van der Waals surface area contributed by atoms with Crippen LogP contribution in [0.3, 0.4) is 0 Å². The Balaban J connectivity index is 2.52. The summed E-state index contributed by atoms with van der Waals surface area (Å²) in [6.45, 7) is 0.261. The summed E-state index contributed by atoms with van der Waals surface area (Å²) in [6, 6.07) is 4.33. The van der Waals surface area contributed by atoms with E-state index in [-0.39, 0.29) is 6.54 Å². The predicted molar refractivity (Wildman–Crippen MR) is 80.8 cm³/mol. The molecule has 5 nitrogen and oxygen atoms in total. The van der Waals surface area contributed by atoms with Gasteiger partial charge in [0.15, 0.2) is 0 Å². The maximum Gasteiger partial charge on any atom is 0.319 e. The summed E-state index contributed by atoms with van der Waals surface area (Å²) in [5.41, 5.74) is 0.420. The average molecular weight is 324 g/mol. The molecule has 2 N–H and O–H groups in total. The number of hydrogen-bond donors (Lipinski definition) is 2. The Morgan fingerprint density at radius 2 is 2.11 bits per heavy atom. The molecule has 19 heavy (non-hydrogen) atoms. The summed E-state index contributed by atoms with van der Waals surface area (Å²) in [5, 5.41) is 6.01. The van der Waals surface area contributed by atoms with Gasteiger partial charge in [-0.2, -0.15) is 0 Å². The summed E-state index contributed by atoms with van der Waals surface area (Å²) in [6.07, 6.45) is 1.54. The summed E-state index contributed by atoms with van der Waals surface area (Å²) < 4.78 is 15.4. The van der Waals surface area contributed by atoms with E-state index in [4.69, 9.17) is 23.2 Å². The minimum absolute atomic E-state index is 0.261. The van der Waals surface area contributed by atoms with Crippen LogP contribution in [-0.2, 0) is 9.73 Å². The van der Waals surface area contributed by atoms with Gasteiger partial charge in [0.05, 0.1) is 10.7 Å². The van der Waals surface area contributed by atoms with Crippen molar-refractivity contribution in [3.63, 3.8) is 0 Å². The molecule has 0 heterocycles. The second kappa shape index (κ2) is 6.98. The highest BCUT2D eigenvalue weighted by atomic mass is 35.5. The van der Waals surface area contributed by atoms with E-state index < -0.39 is 15.8 Å².